The molecule has 5 heteroatoms. The fourth-order valence-electron chi connectivity index (χ4n) is 1.89. The van der Waals surface area contributed by atoms with Crippen molar-refractivity contribution in [2.24, 2.45) is 5.73 Å². The van der Waals surface area contributed by atoms with Crippen molar-refractivity contribution in [3.8, 4) is 0 Å². The minimum atomic E-state index is 0.207. The smallest absolute Gasteiger partial charge is 0.222 e. The van der Waals surface area contributed by atoms with Crippen LogP contribution in [0.2, 0.25) is 5.02 Å². The third kappa shape index (κ3) is 2.79. The quantitative estimate of drug-likeness (QED) is 0.808. The van der Waals surface area contributed by atoms with Crippen LogP contribution in [0.5, 0.6) is 0 Å². The maximum Gasteiger partial charge on any atom is 0.222 e. The summed E-state index contributed by atoms with van der Waals surface area (Å²) in [7, 11) is 0. The van der Waals surface area contributed by atoms with Crippen molar-refractivity contribution in [1.82, 2.24) is 9.97 Å². The Balaban J connectivity index is 1.98. The van der Waals surface area contributed by atoms with Gasteiger partial charge in [0.2, 0.25) is 5.95 Å². The molecule has 3 N–H and O–H groups in total. The Morgan fingerprint density at radius 2 is 1.93 bits per heavy atom. The van der Waals surface area contributed by atoms with E-state index in [1.165, 1.54) is 12.8 Å². The summed E-state index contributed by atoms with van der Waals surface area (Å²) in [5.74, 6) is 0.613. The average Bonchev–Trinajstić information content (AvgIpc) is 2.25. The molecular formula is C10H15ClN4. The topological polar surface area (TPSA) is 63.8 Å². The first-order valence-corrected chi connectivity index (χ1v) is 5.63. The minimum absolute atomic E-state index is 0.207. The number of halogens is 1. The summed E-state index contributed by atoms with van der Waals surface area (Å²) >= 11 is 5.71. The summed E-state index contributed by atoms with van der Waals surface area (Å²) in [6.45, 7) is 0. The van der Waals surface area contributed by atoms with Crippen LogP contribution < -0.4 is 11.1 Å². The average molecular weight is 227 g/mol. The van der Waals surface area contributed by atoms with E-state index in [0.29, 0.717) is 17.0 Å². The molecule has 0 aliphatic heterocycles. The molecule has 1 aliphatic rings. The zero-order valence-electron chi connectivity index (χ0n) is 8.49. The summed E-state index contributed by atoms with van der Waals surface area (Å²) in [6.07, 6.45) is 7.79. The van der Waals surface area contributed by atoms with Crippen LogP contribution in [-0.2, 0) is 0 Å². The van der Waals surface area contributed by atoms with Crippen LogP contribution in [0.15, 0.2) is 12.4 Å². The molecule has 4 nitrogen and oxygen atoms in total. The van der Waals surface area contributed by atoms with E-state index in [-0.39, 0.29) is 6.04 Å². The van der Waals surface area contributed by atoms with Crippen molar-refractivity contribution in [3.05, 3.63) is 17.4 Å². The standard InChI is InChI=1S/C10H15ClN4/c11-7-5-13-10(14-6-7)15-9-4-2-1-3-8(9)12/h5-6,8-9H,1-4,12H2,(H,13,14,15)/t8-,9+/m0/s1. The molecule has 2 rings (SSSR count). The minimum Gasteiger partial charge on any atom is -0.350 e. The Bertz CT molecular complexity index is 314. The molecule has 1 fully saturated rings. The monoisotopic (exact) mass is 226 g/mol. The molecule has 0 saturated heterocycles. The highest BCUT2D eigenvalue weighted by molar-refractivity contribution is 6.30. The number of nitrogens with zero attached hydrogens (tertiary/aromatic N) is 2. The Morgan fingerprint density at radius 1 is 1.27 bits per heavy atom. The van der Waals surface area contributed by atoms with Crippen LogP contribution >= 0.6 is 11.6 Å². The number of nitrogens with two attached hydrogens (primary N) is 1. The summed E-state index contributed by atoms with van der Waals surface area (Å²) in [6, 6.07) is 0.498. The van der Waals surface area contributed by atoms with Gasteiger partial charge in [-0.05, 0) is 12.8 Å². The van der Waals surface area contributed by atoms with Crippen molar-refractivity contribution in [2.75, 3.05) is 5.32 Å². The highest BCUT2D eigenvalue weighted by atomic mass is 35.5. The Labute approximate surface area is 94.2 Å². The second-order valence-corrected chi connectivity index (χ2v) is 4.36. The van der Waals surface area contributed by atoms with Gasteiger partial charge in [-0.2, -0.15) is 0 Å². The lowest BCUT2D eigenvalue weighted by atomic mass is 9.91. The number of aromatic nitrogens is 2. The predicted molar refractivity (Wildman–Crippen MR) is 60.9 cm³/mol. The summed E-state index contributed by atoms with van der Waals surface area (Å²) in [4.78, 5) is 8.19. The Kier molecular flexibility index (Phi) is 3.38. The maximum atomic E-state index is 6.01. The van der Waals surface area contributed by atoms with E-state index in [0.717, 1.165) is 12.8 Å². The van der Waals surface area contributed by atoms with Crippen molar-refractivity contribution < 1.29 is 0 Å². The molecule has 0 spiro atoms. The van der Waals surface area contributed by atoms with Crippen LogP contribution in [0.25, 0.3) is 0 Å². The fraction of sp³-hybridized carbons (Fsp3) is 0.600. The molecule has 0 bridgehead atoms. The van der Waals surface area contributed by atoms with E-state index in [9.17, 15) is 0 Å². The van der Waals surface area contributed by atoms with Crippen LogP contribution in [0.1, 0.15) is 25.7 Å². The maximum absolute atomic E-state index is 6.01. The molecule has 1 aromatic rings. The molecule has 0 amide bonds. The molecule has 0 radical (unpaired) electrons. The van der Waals surface area contributed by atoms with Gasteiger partial charge < -0.3 is 11.1 Å². The SMILES string of the molecule is N[C@H]1CCCC[C@H]1Nc1ncc(Cl)cn1. The molecule has 1 heterocycles. The van der Waals surface area contributed by atoms with Gasteiger partial charge in [-0.3, -0.25) is 0 Å². The number of anilines is 1. The van der Waals surface area contributed by atoms with Crippen LogP contribution in [0.4, 0.5) is 5.95 Å². The van der Waals surface area contributed by atoms with Crippen LogP contribution in [-0.4, -0.2) is 22.1 Å². The molecule has 0 aromatic carbocycles. The first-order chi connectivity index (χ1) is 7.25. The van der Waals surface area contributed by atoms with Gasteiger partial charge in [-0.1, -0.05) is 24.4 Å². The summed E-state index contributed by atoms with van der Waals surface area (Å²) in [5, 5.41) is 3.80. The van der Waals surface area contributed by atoms with Gasteiger partial charge >= 0.3 is 0 Å². The lowest BCUT2D eigenvalue weighted by Gasteiger charge is -2.29. The van der Waals surface area contributed by atoms with E-state index in [2.05, 4.69) is 15.3 Å². The fourth-order valence-corrected chi connectivity index (χ4v) is 1.99. The first-order valence-electron chi connectivity index (χ1n) is 5.25. The molecule has 1 aliphatic carbocycles. The second-order valence-electron chi connectivity index (χ2n) is 3.92. The predicted octanol–water partition coefficient (Wildman–Crippen LogP) is 1.81. The van der Waals surface area contributed by atoms with Crippen molar-refractivity contribution in [2.45, 2.75) is 37.8 Å². The van der Waals surface area contributed by atoms with Crippen LogP contribution in [0.3, 0.4) is 0 Å². The van der Waals surface area contributed by atoms with Gasteiger partial charge in [-0.15, -0.1) is 0 Å². The van der Waals surface area contributed by atoms with E-state index in [1.807, 2.05) is 0 Å². The highest BCUT2D eigenvalue weighted by Crippen LogP contribution is 2.19. The molecular weight excluding hydrogens is 212 g/mol. The molecule has 2 atom stereocenters. The van der Waals surface area contributed by atoms with E-state index in [1.54, 1.807) is 12.4 Å². The number of rotatable bonds is 2. The molecule has 1 aromatic heterocycles. The van der Waals surface area contributed by atoms with E-state index in [4.69, 9.17) is 17.3 Å². The Hall–Kier alpha value is -0.870. The van der Waals surface area contributed by atoms with Gasteiger partial charge in [0.05, 0.1) is 17.4 Å². The lowest BCUT2D eigenvalue weighted by Crippen LogP contribution is -2.42. The van der Waals surface area contributed by atoms with Gasteiger partial charge in [0, 0.05) is 12.1 Å². The lowest BCUT2D eigenvalue weighted by molar-refractivity contribution is 0.402. The van der Waals surface area contributed by atoms with Gasteiger partial charge in [-0.25, -0.2) is 9.97 Å². The third-order valence-corrected chi connectivity index (χ3v) is 2.95. The summed E-state index contributed by atoms with van der Waals surface area (Å²) in [5.41, 5.74) is 6.01. The first kappa shape index (κ1) is 10.6. The van der Waals surface area contributed by atoms with Crippen LogP contribution in [0, 0.1) is 0 Å². The Morgan fingerprint density at radius 3 is 2.60 bits per heavy atom. The van der Waals surface area contributed by atoms with Crippen molar-refractivity contribution in [1.29, 1.82) is 0 Å². The number of nitrogens with one attached hydrogen (secondary N) is 1. The van der Waals surface area contributed by atoms with E-state index >= 15 is 0 Å². The van der Waals surface area contributed by atoms with Crippen molar-refractivity contribution in [3.63, 3.8) is 0 Å². The third-order valence-electron chi connectivity index (χ3n) is 2.75. The number of hydrogen-bond donors (Lipinski definition) is 2. The van der Waals surface area contributed by atoms with Gasteiger partial charge in [0.25, 0.3) is 0 Å². The van der Waals surface area contributed by atoms with Gasteiger partial charge in [0.15, 0.2) is 0 Å². The van der Waals surface area contributed by atoms with Crippen molar-refractivity contribution >= 4 is 17.5 Å². The zero-order chi connectivity index (χ0) is 10.7. The molecule has 1 saturated carbocycles. The normalized spacial score (nSPS) is 26.3. The largest absolute Gasteiger partial charge is 0.350 e. The molecule has 0 unspecified atom stereocenters. The second kappa shape index (κ2) is 4.77. The number of hydrogen-bond acceptors (Lipinski definition) is 4. The summed E-state index contributed by atoms with van der Waals surface area (Å²) < 4.78 is 0. The van der Waals surface area contributed by atoms with E-state index < -0.39 is 0 Å². The molecule has 82 valence electrons. The van der Waals surface area contributed by atoms with Gasteiger partial charge in [0.1, 0.15) is 0 Å². The molecule has 15 heavy (non-hydrogen) atoms. The highest BCUT2D eigenvalue weighted by Gasteiger charge is 2.21. The zero-order valence-corrected chi connectivity index (χ0v) is 9.24.